The predicted octanol–water partition coefficient (Wildman–Crippen LogP) is 4.04. The molecule has 2 aromatic rings. The average Bonchev–Trinajstić information content (AvgIpc) is 2.46. The first-order chi connectivity index (χ1) is 8.77. The van der Waals surface area contributed by atoms with E-state index in [1.165, 1.54) is 11.1 Å². The minimum Gasteiger partial charge on any atom is -0.289 e. The first-order valence-electron chi connectivity index (χ1n) is 6.48. The minimum atomic E-state index is 0.128. The van der Waals surface area contributed by atoms with Crippen LogP contribution in [0, 0.1) is 0 Å². The maximum absolute atomic E-state index is 12.5. The van der Waals surface area contributed by atoms with Gasteiger partial charge in [0.05, 0.1) is 0 Å². The zero-order chi connectivity index (χ0) is 13.0. The summed E-state index contributed by atoms with van der Waals surface area (Å²) in [5, 5.41) is 0. The molecule has 0 saturated carbocycles. The molecule has 0 N–H and O–H groups in total. The van der Waals surface area contributed by atoms with Gasteiger partial charge >= 0.3 is 0 Å². The van der Waals surface area contributed by atoms with Crippen molar-refractivity contribution in [3.8, 4) is 0 Å². The Bertz CT molecular complexity index is 541. The highest BCUT2D eigenvalue weighted by atomic mass is 16.1. The minimum absolute atomic E-state index is 0.128. The summed E-state index contributed by atoms with van der Waals surface area (Å²) in [6, 6.07) is 15.5. The van der Waals surface area contributed by atoms with E-state index in [1.807, 2.05) is 42.5 Å². The van der Waals surface area contributed by atoms with Crippen LogP contribution in [0.3, 0.4) is 0 Å². The summed E-state index contributed by atoms with van der Waals surface area (Å²) in [5.74, 6) is 0.128. The van der Waals surface area contributed by atoms with Crippen molar-refractivity contribution in [1.29, 1.82) is 0 Å². The highest BCUT2D eigenvalue weighted by Gasteiger charge is 2.14. The molecule has 0 spiro atoms. The molecule has 1 heteroatoms. The number of ketones is 1. The fourth-order valence-corrected chi connectivity index (χ4v) is 2.34. The molecule has 0 aliphatic heterocycles. The molecule has 0 heterocycles. The van der Waals surface area contributed by atoms with Gasteiger partial charge in [0, 0.05) is 11.1 Å². The Kier molecular flexibility index (Phi) is 3.93. The van der Waals surface area contributed by atoms with Crippen LogP contribution in [0.2, 0.25) is 0 Å². The summed E-state index contributed by atoms with van der Waals surface area (Å²) in [5.41, 5.74) is 4.08. The molecule has 0 fully saturated rings. The van der Waals surface area contributed by atoms with Gasteiger partial charge in [0.15, 0.2) is 5.78 Å². The van der Waals surface area contributed by atoms with Crippen molar-refractivity contribution in [3.05, 3.63) is 70.8 Å². The van der Waals surface area contributed by atoms with Crippen LogP contribution < -0.4 is 0 Å². The number of hydrogen-bond donors (Lipinski definition) is 0. The Balaban J connectivity index is 2.48. The van der Waals surface area contributed by atoms with Gasteiger partial charge < -0.3 is 0 Å². The summed E-state index contributed by atoms with van der Waals surface area (Å²) in [6.45, 7) is 4.24. The third kappa shape index (κ3) is 2.35. The zero-order valence-electron chi connectivity index (χ0n) is 10.9. The van der Waals surface area contributed by atoms with Crippen molar-refractivity contribution >= 4 is 5.78 Å². The first-order valence-corrected chi connectivity index (χ1v) is 6.48. The zero-order valence-corrected chi connectivity index (χ0v) is 10.9. The largest absolute Gasteiger partial charge is 0.289 e. The van der Waals surface area contributed by atoms with Crippen LogP contribution in [0.1, 0.15) is 40.9 Å². The molecule has 0 atom stereocenters. The molecule has 0 radical (unpaired) electrons. The average molecular weight is 238 g/mol. The van der Waals surface area contributed by atoms with Gasteiger partial charge in [-0.3, -0.25) is 4.79 Å². The maximum Gasteiger partial charge on any atom is 0.193 e. The van der Waals surface area contributed by atoms with Gasteiger partial charge in [0.25, 0.3) is 0 Å². The van der Waals surface area contributed by atoms with Crippen LogP contribution in [-0.2, 0) is 12.8 Å². The normalized spacial score (nSPS) is 10.3. The lowest BCUT2D eigenvalue weighted by molar-refractivity contribution is 0.103. The number of aryl methyl sites for hydroxylation is 1. The van der Waals surface area contributed by atoms with E-state index in [9.17, 15) is 4.79 Å². The second-order valence-corrected chi connectivity index (χ2v) is 4.35. The highest BCUT2D eigenvalue weighted by Crippen LogP contribution is 2.19. The summed E-state index contributed by atoms with van der Waals surface area (Å²) in [4.78, 5) is 12.5. The fraction of sp³-hybridized carbons (Fsp3) is 0.235. The van der Waals surface area contributed by atoms with Gasteiger partial charge in [-0.25, -0.2) is 0 Å². The van der Waals surface area contributed by atoms with Crippen LogP contribution in [0.5, 0.6) is 0 Å². The molecule has 0 aliphatic rings. The van der Waals surface area contributed by atoms with Gasteiger partial charge in [-0.2, -0.15) is 0 Å². The number of carbonyl (C=O) groups excluding carboxylic acids is 1. The Morgan fingerprint density at radius 3 is 2.22 bits per heavy atom. The highest BCUT2D eigenvalue weighted by molar-refractivity contribution is 6.10. The van der Waals surface area contributed by atoms with E-state index in [2.05, 4.69) is 19.9 Å². The lowest BCUT2D eigenvalue weighted by atomic mass is 9.92. The Morgan fingerprint density at radius 2 is 1.61 bits per heavy atom. The lowest BCUT2D eigenvalue weighted by Crippen LogP contribution is -2.07. The van der Waals surface area contributed by atoms with Crippen molar-refractivity contribution < 1.29 is 4.79 Å². The summed E-state index contributed by atoms with van der Waals surface area (Å²) in [7, 11) is 0. The first kappa shape index (κ1) is 12.6. The van der Waals surface area contributed by atoms with Gasteiger partial charge in [-0.05, 0) is 24.0 Å². The third-order valence-corrected chi connectivity index (χ3v) is 3.29. The summed E-state index contributed by atoms with van der Waals surface area (Å²) < 4.78 is 0. The molecule has 0 aromatic heterocycles. The SMILES string of the molecule is CCc1cccc(C(=O)c2ccccc2)c1CC. The molecule has 0 amide bonds. The van der Waals surface area contributed by atoms with Crippen LogP contribution in [0.4, 0.5) is 0 Å². The lowest BCUT2D eigenvalue weighted by Gasteiger charge is -2.11. The van der Waals surface area contributed by atoms with Crippen molar-refractivity contribution in [2.24, 2.45) is 0 Å². The molecule has 0 saturated heterocycles. The standard InChI is InChI=1S/C17H18O/c1-3-13-11-8-12-16(15(13)4-2)17(18)14-9-6-5-7-10-14/h5-12H,3-4H2,1-2H3. The van der Waals surface area contributed by atoms with E-state index < -0.39 is 0 Å². The molecule has 2 aromatic carbocycles. The van der Waals surface area contributed by atoms with Crippen LogP contribution >= 0.6 is 0 Å². The van der Waals surface area contributed by atoms with E-state index in [0.29, 0.717) is 0 Å². The van der Waals surface area contributed by atoms with Gasteiger partial charge in [-0.15, -0.1) is 0 Å². The van der Waals surface area contributed by atoms with Crippen LogP contribution in [0.25, 0.3) is 0 Å². The number of benzene rings is 2. The summed E-state index contributed by atoms with van der Waals surface area (Å²) >= 11 is 0. The molecule has 0 unspecified atom stereocenters. The quantitative estimate of drug-likeness (QED) is 0.735. The van der Waals surface area contributed by atoms with E-state index >= 15 is 0 Å². The van der Waals surface area contributed by atoms with Gasteiger partial charge in [-0.1, -0.05) is 62.4 Å². The smallest absolute Gasteiger partial charge is 0.193 e. The molecule has 0 bridgehead atoms. The molecular weight excluding hydrogens is 220 g/mol. The molecule has 2 rings (SSSR count). The molecule has 0 aliphatic carbocycles. The third-order valence-electron chi connectivity index (χ3n) is 3.29. The van der Waals surface area contributed by atoms with E-state index in [1.54, 1.807) is 0 Å². The van der Waals surface area contributed by atoms with Gasteiger partial charge in [0.1, 0.15) is 0 Å². The Hall–Kier alpha value is -1.89. The second-order valence-electron chi connectivity index (χ2n) is 4.35. The molecule has 18 heavy (non-hydrogen) atoms. The fourth-order valence-electron chi connectivity index (χ4n) is 2.34. The van der Waals surface area contributed by atoms with Crippen molar-refractivity contribution in [1.82, 2.24) is 0 Å². The van der Waals surface area contributed by atoms with E-state index in [-0.39, 0.29) is 5.78 Å². The number of hydrogen-bond acceptors (Lipinski definition) is 1. The predicted molar refractivity (Wildman–Crippen MR) is 75.1 cm³/mol. The van der Waals surface area contributed by atoms with Crippen LogP contribution in [-0.4, -0.2) is 5.78 Å². The van der Waals surface area contributed by atoms with Gasteiger partial charge in [0.2, 0.25) is 0 Å². The topological polar surface area (TPSA) is 17.1 Å². The Labute approximate surface area is 108 Å². The summed E-state index contributed by atoms with van der Waals surface area (Å²) in [6.07, 6.45) is 1.87. The molecular formula is C17H18O. The number of rotatable bonds is 4. The van der Waals surface area contributed by atoms with Crippen molar-refractivity contribution in [3.63, 3.8) is 0 Å². The maximum atomic E-state index is 12.5. The number of carbonyl (C=O) groups is 1. The van der Waals surface area contributed by atoms with E-state index in [4.69, 9.17) is 0 Å². The molecule has 1 nitrogen and oxygen atoms in total. The second kappa shape index (κ2) is 5.63. The van der Waals surface area contributed by atoms with Crippen LogP contribution in [0.15, 0.2) is 48.5 Å². The Morgan fingerprint density at radius 1 is 0.889 bits per heavy atom. The van der Waals surface area contributed by atoms with Crippen molar-refractivity contribution in [2.75, 3.05) is 0 Å². The van der Waals surface area contributed by atoms with E-state index in [0.717, 1.165) is 24.0 Å². The monoisotopic (exact) mass is 238 g/mol. The van der Waals surface area contributed by atoms with Crippen molar-refractivity contribution in [2.45, 2.75) is 26.7 Å². The molecule has 92 valence electrons.